The predicted molar refractivity (Wildman–Crippen MR) is 62.7 cm³/mol. The summed E-state index contributed by atoms with van der Waals surface area (Å²) in [6.45, 7) is 0. The summed E-state index contributed by atoms with van der Waals surface area (Å²) in [6, 6.07) is 0. The maximum Gasteiger partial charge on any atom is 0.0176 e. The molecular weight excluding hydrogens is 212 g/mol. The highest BCUT2D eigenvalue weighted by Crippen LogP contribution is 2.53. The summed E-state index contributed by atoms with van der Waals surface area (Å²) < 4.78 is 0. The van der Waals surface area contributed by atoms with E-state index in [-0.39, 0.29) is 0 Å². The van der Waals surface area contributed by atoms with Gasteiger partial charge in [0.15, 0.2) is 0 Å². The molecule has 0 aromatic rings. The fraction of sp³-hybridized carbons (Fsp3) is 1.00. The van der Waals surface area contributed by atoms with Gasteiger partial charge in [0.25, 0.3) is 0 Å². The third-order valence-corrected chi connectivity index (χ3v) is 6.29. The molecule has 2 aliphatic carbocycles. The second kappa shape index (κ2) is 2.96. The molecule has 2 rings (SSSR count). The van der Waals surface area contributed by atoms with Crippen molar-refractivity contribution >= 4 is 50.5 Å². The highest BCUT2D eigenvalue weighted by atomic mass is 32.1. The molecule has 0 aliphatic heterocycles. The van der Waals surface area contributed by atoms with Crippen LogP contribution < -0.4 is 0 Å². The van der Waals surface area contributed by atoms with Gasteiger partial charge < -0.3 is 0 Å². The zero-order valence-electron chi connectivity index (χ0n) is 5.96. The van der Waals surface area contributed by atoms with Gasteiger partial charge in [-0.2, -0.15) is 50.5 Å². The Bertz CT molecular complexity index is 138. The van der Waals surface area contributed by atoms with E-state index in [9.17, 15) is 0 Å². The van der Waals surface area contributed by atoms with Gasteiger partial charge in [0.05, 0.1) is 0 Å². The van der Waals surface area contributed by atoms with Crippen molar-refractivity contribution in [3.63, 3.8) is 0 Å². The maximum absolute atomic E-state index is 4.53. The summed E-state index contributed by atoms with van der Waals surface area (Å²) in [5.74, 6) is 1.27. The highest BCUT2D eigenvalue weighted by molar-refractivity contribution is 7.86. The van der Waals surface area contributed by atoms with Gasteiger partial charge in [-0.25, -0.2) is 0 Å². The lowest BCUT2D eigenvalue weighted by molar-refractivity contribution is 0.536. The Kier molecular flexibility index (Phi) is 2.42. The molecule has 0 saturated heterocycles. The van der Waals surface area contributed by atoms with E-state index in [1.54, 1.807) is 0 Å². The van der Waals surface area contributed by atoms with Crippen molar-refractivity contribution in [1.29, 1.82) is 0 Å². The van der Waals surface area contributed by atoms with Gasteiger partial charge in [-0.3, -0.25) is 0 Å². The average Bonchev–Trinajstić information content (AvgIpc) is 2.40. The van der Waals surface area contributed by atoms with Gasteiger partial charge in [0.1, 0.15) is 0 Å². The maximum atomic E-state index is 4.53. The van der Waals surface area contributed by atoms with Crippen LogP contribution in [0.15, 0.2) is 0 Å². The van der Waals surface area contributed by atoms with Crippen LogP contribution >= 0.6 is 50.5 Å². The number of hydrogen-bond donors (Lipinski definition) is 4. The van der Waals surface area contributed by atoms with Gasteiger partial charge in [-0.1, -0.05) is 0 Å². The number of hydrogen-bond acceptors (Lipinski definition) is 4. The van der Waals surface area contributed by atoms with Crippen LogP contribution in [0, 0.1) is 11.8 Å². The first-order valence-corrected chi connectivity index (χ1v) is 5.91. The predicted octanol–water partition coefficient (Wildman–Crippen LogP) is 1.83. The molecule has 0 N–H and O–H groups in total. The van der Waals surface area contributed by atoms with Crippen LogP contribution in [0.4, 0.5) is 0 Å². The second-order valence-corrected chi connectivity index (χ2v) is 5.91. The first-order chi connectivity index (χ1) is 5.13. The molecule has 2 fully saturated rings. The Hall–Kier alpha value is 1.40. The largest absolute Gasteiger partial charge is 0.174 e. The first kappa shape index (κ1) is 8.97. The average molecular weight is 224 g/mol. The molecule has 0 radical (unpaired) electrons. The normalized spacial score (nSPS) is 62.2. The molecule has 4 heteroatoms. The molecule has 11 heavy (non-hydrogen) atoms. The van der Waals surface area contributed by atoms with E-state index in [0.717, 1.165) is 0 Å². The monoisotopic (exact) mass is 224 g/mol. The summed E-state index contributed by atoms with van der Waals surface area (Å²) in [6.07, 6.45) is 1.23. The van der Waals surface area contributed by atoms with Gasteiger partial charge in [0.2, 0.25) is 0 Å². The van der Waals surface area contributed by atoms with Crippen molar-refractivity contribution in [2.45, 2.75) is 27.4 Å². The Morgan fingerprint density at radius 1 is 0.636 bits per heavy atom. The zero-order valence-corrected chi connectivity index (χ0v) is 9.54. The lowest BCUT2D eigenvalue weighted by Gasteiger charge is -2.32. The van der Waals surface area contributed by atoms with Gasteiger partial charge in [-0.05, 0) is 18.3 Å². The second-order valence-electron chi connectivity index (χ2n) is 3.53. The molecule has 0 heterocycles. The van der Waals surface area contributed by atoms with Crippen molar-refractivity contribution in [2.75, 3.05) is 0 Å². The summed E-state index contributed by atoms with van der Waals surface area (Å²) >= 11 is 18.1. The van der Waals surface area contributed by atoms with Crippen molar-refractivity contribution in [3.05, 3.63) is 0 Å². The van der Waals surface area contributed by atoms with Gasteiger partial charge >= 0.3 is 0 Å². The lowest BCUT2D eigenvalue weighted by Crippen LogP contribution is -2.38. The van der Waals surface area contributed by atoms with Crippen molar-refractivity contribution in [1.82, 2.24) is 0 Å². The highest BCUT2D eigenvalue weighted by Gasteiger charge is 2.53. The molecule has 64 valence electrons. The van der Waals surface area contributed by atoms with Gasteiger partial charge in [-0.15, -0.1) is 0 Å². The Morgan fingerprint density at radius 2 is 0.909 bits per heavy atom. The fourth-order valence-electron chi connectivity index (χ4n) is 2.29. The Balaban J connectivity index is 2.21. The van der Waals surface area contributed by atoms with Crippen LogP contribution in [0.1, 0.15) is 6.42 Å². The minimum atomic E-state index is 0.439. The summed E-state index contributed by atoms with van der Waals surface area (Å²) in [7, 11) is 0. The van der Waals surface area contributed by atoms with Crippen molar-refractivity contribution in [3.8, 4) is 0 Å². The summed E-state index contributed by atoms with van der Waals surface area (Å²) in [5.41, 5.74) is 0. The minimum absolute atomic E-state index is 0.439. The van der Waals surface area contributed by atoms with E-state index < -0.39 is 0 Å². The van der Waals surface area contributed by atoms with E-state index in [1.807, 2.05) is 0 Å². The van der Waals surface area contributed by atoms with Gasteiger partial charge in [0, 0.05) is 21.0 Å². The van der Waals surface area contributed by atoms with Crippen LogP contribution in [-0.4, -0.2) is 21.0 Å². The third kappa shape index (κ3) is 1.17. The molecular formula is C7H12S4. The molecule has 0 amide bonds. The molecule has 0 spiro atoms. The number of fused-ring (bicyclic) bond motifs is 2. The molecule has 4 unspecified atom stereocenters. The van der Waals surface area contributed by atoms with Crippen LogP contribution in [0.2, 0.25) is 0 Å². The molecule has 0 aromatic carbocycles. The quantitative estimate of drug-likeness (QED) is 0.443. The standard InChI is InChI=1S/C7H12S4/c8-4-2-1-3(6(4)10)7(11)5(2)9/h2-11H,1H2. The number of thiol groups is 4. The summed E-state index contributed by atoms with van der Waals surface area (Å²) in [5, 5.41) is 1.76. The lowest BCUT2D eigenvalue weighted by atomic mass is 9.98. The molecule has 2 aliphatic rings. The van der Waals surface area contributed by atoms with Crippen molar-refractivity contribution < 1.29 is 0 Å². The van der Waals surface area contributed by atoms with E-state index in [2.05, 4.69) is 50.5 Å². The zero-order chi connectivity index (χ0) is 8.17. The number of rotatable bonds is 0. The van der Waals surface area contributed by atoms with E-state index >= 15 is 0 Å². The molecule has 2 saturated carbocycles. The molecule has 2 bridgehead atoms. The third-order valence-electron chi connectivity index (χ3n) is 3.00. The van der Waals surface area contributed by atoms with E-state index in [4.69, 9.17) is 0 Å². The van der Waals surface area contributed by atoms with Crippen LogP contribution in [0.25, 0.3) is 0 Å². The molecule has 0 nitrogen and oxygen atoms in total. The van der Waals surface area contributed by atoms with E-state index in [1.165, 1.54) is 6.42 Å². The Labute approximate surface area is 89.5 Å². The summed E-state index contributed by atoms with van der Waals surface area (Å²) in [4.78, 5) is 0. The molecule has 4 atom stereocenters. The van der Waals surface area contributed by atoms with Crippen molar-refractivity contribution in [2.24, 2.45) is 11.8 Å². The van der Waals surface area contributed by atoms with E-state index in [0.29, 0.717) is 32.8 Å². The SMILES string of the molecule is SC1C(S)C2CC1C(S)C2S. The van der Waals surface area contributed by atoms with Crippen LogP contribution in [0.5, 0.6) is 0 Å². The minimum Gasteiger partial charge on any atom is -0.174 e. The first-order valence-electron chi connectivity index (χ1n) is 3.85. The topological polar surface area (TPSA) is 0 Å². The smallest absolute Gasteiger partial charge is 0.0176 e. The fourth-order valence-corrected chi connectivity index (χ4v) is 4.67. The van der Waals surface area contributed by atoms with Crippen LogP contribution in [0.3, 0.4) is 0 Å². The molecule has 0 aromatic heterocycles. The Morgan fingerprint density at radius 3 is 1.09 bits per heavy atom. The van der Waals surface area contributed by atoms with Crippen LogP contribution in [-0.2, 0) is 0 Å².